The van der Waals surface area contributed by atoms with E-state index in [1.165, 1.54) is 10.0 Å². The van der Waals surface area contributed by atoms with Gasteiger partial charge in [-0.05, 0) is 31.2 Å². The zero-order valence-electron chi connectivity index (χ0n) is 11.1. The summed E-state index contributed by atoms with van der Waals surface area (Å²) >= 11 is 0. The number of nitrogens with zero attached hydrogens (tertiary/aromatic N) is 2. The number of hydrogen-bond acceptors (Lipinski definition) is 2. The van der Waals surface area contributed by atoms with Gasteiger partial charge in [0.15, 0.2) is 0 Å². The number of hydrazine groups is 1. The third-order valence-corrected chi connectivity index (χ3v) is 3.36. The maximum atomic E-state index is 12.4. The Morgan fingerprint density at radius 3 is 1.40 bits per heavy atom. The van der Waals surface area contributed by atoms with E-state index < -0.39 is 5.92 Å². The van der Waals surface area contributed by atoms with E-state index in [-0.39, 0.29) is 11.8 Å². The van der Waals surface area contributed by atoms with Gasteiger partial charge in [-0.2, -0.15) is 0 Å². The molecule has 0 spiro atoms. The summed E-state index contributed by atoms with van der Waals surface area (Å²) in [5, 5.41) is 2.89. The molecule has 100 valence electrons. The maximum Gasteiger partial charge on any atom is 0.258 e. The molecule has 0 atom stereocenters. The van der Waals surface area contributed by atoms with E-state index in [0.29, 0.717) is 11.4 Å². The lowest BCUT2D eigenvalue weighted by molar-refractivity contribution is -0.126. The molecule has 2 aromatic carbocycles. The first-order chi connectivity index (χ1) is 9.70. The Labute approximate surface area is 117 Å². The van der Waals surface area contributed by atoms with Crippen LogP contribution < -0.4 is 10.0 Å². The molecule has 1 fully saturated rings. The van der Waals surface area contributed by atoms with Crippen molar-refractivity contribution in [2.24, 2.45) is 5.92 Å². The first-order valence-electron chi connectivity index (χ1n) is 6.48. The highest BCUT2D eigenvalue weighted by atomic mass is 16.2. The molecule has 4 nitrogen and oxygen atoms in total. The molecule has 0 N–H and O–H groups in total. The van der Waals surface area contributed by atoms with Crippen molar-refractivity contribution < 1.29 is 9.59 Å². The van der Waals surface area contributed by atoms with E-state index in [2.05, 4.69) is 0 Å². The van der Waals surface area contributed by atoms with Crippen LogP contribution in [0.3, 0.4) is 0 Å². The minimum absolute atomic E-state index is 0.204. The van der Waals surface area contributed by atoms with E-state index in [0.717, 1.165) is 0 Å². The van der Waals surface area contributed by atoms with Crippen molar-refractivity contribution in [2.75, 3.05) is 10.0 Å². The van der Waals surface area contributed by atoms with Gasteiger partial charge in [0.05, 0.1) is 11.4 Å². The zero-order valence-corrected chi connectivity index (χ0v) is 11.1. The molecule has 0 aliphatic carbocycles. The van der Waals surface area contributed by atoms with Crippen LogP contribution in [0.25, 0.3) is 0 Å². The number of para-hydroxylation sites is 2. The Balaban J connectivity index is 2.10. The predicted molar refractivity (Wildman–Crippen MR) is 77.0 cm³/mol. The first-order valence-corrected chi connectivity index (χ1v) is 6.48. The van der Waals surface area contributed by atoms with Gasteiger partial charge in [0.1, 0.15) is 5.92 Å². The fourth-order valence-corrected chi connectivity index (χ4v) is 2.29. The fourth-order valence-electron chi connectivity index (χ4n) is 2.29. The average Bonchev–Trinajstić information content (AvgIpc) is 2.73. The molecule has 0 bridgehead atoms. The monoisotopic (exact) mass is 266 g/mol. The molecule has 1 aliphatic rings. The largest absolute Gasteiger partial charge is 0.272 e. The van der Waals surface area contributed by atoms with Gasteiger partial charge in [0, 0.05) is 0 Å². The van der Waals surface area contributed by atoms with E-state index >= 15 is 0 Å². The smallest absolute Gasteiger partial charge is 0.258 e. The molecule has 1 saturated heterocycles. The van der Waals surface area contributed by atoms with Crippen molar-refractivity contribution in [3.8, 4) is 0 Å². The second-order valence-electron chi connectivity index (χ2n) is 4.69. The molecular weight excluding hydrogens is 252 g/mol. The number of anilines is 2. The second kappa shape index (κ2) is 4.81. The minimum Gasteiger partial charge on any atom is -0.272 e. The number of rotatable bonds is 2. The summed E-state index contributed by atoms with van der Waals surface area (Å²) in [4.78, 5) is 24.7. The number of benzene rings is 2. The number of carbonyl (C=O) groups is 2. The lowest BCUT2D eigenvalue weighted by atomic mass is 10.1. The maximum absolute atomic E-state index is 12.4. The number of carbonyl (C=O) groups excluding carboxylic acids is 2. The molecule has 20 heavy (non-hydrogen) atoms. The number of hydrogen-bond donors (Lipinski definition) is 0. The van der Waals surface area contributed by atoms with Gasteiger partial charge in [-0.15, -0.1) is 0 Å². The van der Waals surface area contributed by atoms with Crippen molar-refractivity contribution in [3.05, 3.63) is 60.7 Å². The summed E-state index contributed by atoms with van der Waals surface area (Å²) in [6.07, 6.45) is 0. The van der Waals surface area contributed by atoms with Gasteiger partial charge in [-0.3, -0.25) is 9.59 Å². The van der Waals surface area contributed by atoms with E-state index in [1.807, 2.05) is 60.7 Å². The van der Waals surface area contributed by atoms with Crippen molar-refractivity contribution in [1.29, 1.82) is 0 Å². The third kappa shape index (κ3) is 1.86. The quantitative estimate of drug-likeness (QED) is 0.784. The van der Waals surface area contributed by atoms with Crippen molar-refractivity contribution >= 4 is 23.2 Å². The Hall–Kier alpha value is -2.62. The highest BCUT2D eigenvalue weighted by molar-refractivity contribution is 6.22. The SMILES string of the molecule is CC1C(=O)N(c2ccccc2)N(c2ccccc2)C1=O. The van der Waals surface area contributed by atoms with Crippen molar-refractivity contribution in [1.82, 2.24) is 0 Å². The average molecular weight is 266 g/mol. The molecule has 0 radical (unpaired) electrons. The molecule has 0 saturated carbocycles. The highest BCUT2D eigenvalue weighted by Gasteiger charge is 2.44. The molecule has 2 aromatic rings. The molecule has 0 aromatic heterocycles. The van der Waals surface area contributed by atoms with Gasteiger partial charge >= 0.3 is 0 Å². The topological polar surface area (TPSA) is 40.6 Å². The summed E-state index contributed by atoms with van der Waals surface area (Å²) in [6, 6.07) is 18.4. The second-order valence-corrected chi connectivity index (χ2v) is 4.69. The standard InChI is InChI=1S/C16H14N2O2/c1-12-15(19)17(13-8-4-2-5-9-13)18(16(12)20)14-10-6-3-7-11-14/h2-12H,1H3. The molecule has 1 aliphatic heterocycles. The lowest BCUT2D eigenvalue weighted by Gasteiger charge is -2.27. The third-order valence-electron chi connectivity index (χ3n) is 3.36. The zero-order chi connectivity index (χ0) is 14.1. The van der Waals surface area contributed by atoms with Crippen LogP contribution in [0.2, 0.25) is 0 Å². The summed E-state index contributed by atoms with van der Waals surface area (Å²) in [7, 11) is 0. The molecule has 3 rings (SSSR count). The molecular formula is C16H14N2O2. The van der Waals surface area contributed by atoms with Crippen molar-refractivity contribution in [2.45, 2.75) is 6.92 Å². The van der Waals surface area contributed by atoms with Crippen LogP contribution in [0.5, 0.6) is 0 Å². The van der Waals surface area contributed by atoms with E-state index in [4.69, 9.17) is 0 Å². The summed E-state index contributed by atoms with van der Waals surface area (Å²) in [5.74, 6) is -1.06. The summed E-state index contributed by atoms with van der Waals surface area (Å²) < 4.78 is 0. The minimum atomic E-state index is -0.657. The predicted octanol–water partition coefficient (Wildman–Crippen LogP) is 2.62. The summed E-state index contributed by atoms with van der Waals surface area (Å²) in [5.41, 5.74) is 1.39. The summed E-state index contributed by atoms with van der Waals surface area (Å²) in [6.45, 7) is 1.64. The van der Waals surface area contributed by atoms with Crippen LogP contribution in [0.4, 0.5) is 11.4 Å². The Kier molecular flexibility index (Phi) is 2.99. The van der Waals surface area contributed by atoms with Crippen LogP contribution in [-0.4, -0.2) is 11.8 Å². The van der Waals surface area contributed by atoms with Crippen LogP contribution in [0.1, 0.15) is 6.92 Å². The molecule has 4 heteroatoms. The Morgan fingerprint density at radius 2 is 1.05 bits per heavy atom. The molecule has 2 amide bonds. The molecule has 0 unspecified atom stereocenters. The van der Waals surface area contributed by atoms with E-state index in [1.54, 1.807) is 6.92 Å². The fraction of sp³-hybridized carbons (Fsp3) is 0.125. The first kappa shape index (κ1) is 12.4. The van der Waals surface area contributed by atoms with E-state index in [9.17, 15) is 9.59 Å². The van der Waals surface area contributed by atoms with Crippen molar-refractivity contribution in [3.63, 3.8) is 0 Å². The van der Waals surface area contributed by atoms with Crippen LogP contribution in [0.15, 0.2) is 60.7 Å². The highest BCUT2D eigenvalue weighted by Crippen LogP contribution is 2.31. The van der Waals surface area contributed by atoms with Crippen LogP contribution >= 0.6 is 0 Å². The van der Waals surface area contributed by atoms with Gasteiger partial charge < -0.3 is 0 Å². The van der Waals surface area contributed by atoms with Crippen LogP contribution in [-0.2, 0) is 9.59 Å². The number of amides is 2. The normalized spacial score (nSPS) is 16.1. The van der Waals surface area contributed by atoms with Gasteiger partial charge in [0.2, 0.25) is 0 Å². The van der Waals surface area contributed by atoms with Gasteiger partial charge in [0.25, 0.3) is 11.8 Å². The van der Waals surface area contributed by atoms with Gasteiger partial charge in [-0.25, -0.2) is 10.0 Å². The van der Waals surface area contributed by atoms with Gasteiger partial charge in [-0.1, -0.05) is 36.4 Å². The lowest BCUT2D eigenvalue weighted by Crippen LogP contribution is -2.41. The van der Waals surface area contributed by atoms with Crippen LogP contribution in [0, 0.1) is 5.92 Å². The Bertz CT molecular complexity index is 583. The Morgan fingerprint density at radius 1 is 0.700 bits per heavy atom. The molecule has 1 heterocycles.